The maximum Gasteiger partial charge on any atom is 0.0702 e. The summed E-state index contributed by atoms with van der Waals surface area (Å²) >= 11 is 0. The largest absolute Gasteiger partial charge is 0.313 e. The van der Waals surface area contributed by atoms with Crippen molar-refractivity contribution in [3.05, 3.63) is 42.1 Å². The van der Waals surface area contributed by atoms with Gasteiger partial charge < -0.3 is 5.32 Å². The van der Waals surface area contributed by atoms with Crippen molar-refractivity contribution in [2.24, 2.45) is 5.92 Å². The zero-order valence-electron chi connectivity index (χ0n) is 12.3. The molecule has 1 fully saturated rings. The van der Waals surface area contributed by atoms with E-state index in [0.29, 0.717) is 6.04 Å². The summed E-state index contributed by atoms with van der Waals surface area (Å²) in [6.07, 6.45) is 10.2. The molecule has 2 aromatic rings. The number of hydrogen-bond donors (Lipinski definition) is 1. The molecule has 2 heteroatoms. The van der Waals surface area contributed by atoms with Crippen LogP contribution >= 0.6 is 0 Å². The Morgan fingerprint density at radius 2 is 1.90 bits per heavy atom. The second-order valence-corrected chi connectivity index (χ2v) is 5.97. The molecule has 0 radical (unpaired) electrons. The third-order valence-electron chi connectivity index (χ3n) is 4.67. The topological polar surface area (TPSA) is 24.9 Å². The zero-order chi connectivity index (χ0) is 13.8. The summed E-state index contributed by atoms with van der Waals surface area (Å²) in [5, 5.41) is 4.81. The first-order valence-electron chi connectivity index (χ1n) is 7.90. The van der Waals surface area contributed by atoms with Crippen LogP contribution in [0.15, 0.2) is 36.5 Å². The Morgan fingerprint density at radius 3 is 2.65 bits per heavy atom. The highest BCUT2D eigenvalue weighted by molar-refractivity contribution is 5.79. The number of nitrogens with zero attached hydrogens (tertiary/aromatic N) is 1. The van der Waals surface area contributed by atoms with Crippen LogP contribution in [0.3, 0.4) is 0 Å². The number of pyridine rings is 1. The van der Waals surface area contributed by atoms with Gasteiger partial charge in [0.2, 0.25) is 0 Å². The van der Waals surface area contributed by atoms with Crippen molar-refractivity contribution in [2.75, 3.05) is 7.05 Å². The lowest BCUT2D eigenvalue weighted by Crippen LogP contribution is -2.25. The van der Waals surface area contributed by atoms with Gasteiger partial charge in [-0.1, -0.05) is 37.8 Å². The molecule has 1 N–H and O–H groups in total. The Kier molecular flexibility index (Phi) is 4.31. The zero-order valence-corrected chi connectivity index (χ0v) is 12.3. The molecule has 1 aromatic carbocycles. The molecule has 1 atom stereocenters. The highest BCUT2D eigenvalue weighted by Gasteiger charge is 2.22. The van der Waals surface area contributed by atoms with Crippen LogP contribution < -0.4 is 5.32 Å². The predicted molar refractivity (Wildman–Crippen MR) is 84.7 cm³/mol. The van der Waals surface area contributed by atoms with E-state index in [9.17, 15) is 0 Å². The van der Waals surface area contributed by atoms with Gasteiger partial charge in [-0.15, -0.1) is 0 Å². The van der Waals surface area contributed by atoms with Crippen LogP contribution in [0.2, 0.25) is 0 Å². The van der Waals surface area contributed by atoms with Crippen molar-refractivity contribution < 1.29 is 0 Å². The van der Waals surface area contributed by atoms with E-state index in [4.69, 9.17) is 0 Å². The van der Waals surface area contributed by atoms with Crippen molar-refractivity contribution in [1.29, 1.82) is 0 Å². The summed E-state index contributed by atoms with van der Waals surface area (Å²) in [7, 11) is 2.10. The fourth-order valence-corrected chi connectivity index (χ4v) is 3.61. The summed E-state index contributed by atoms with van der Waals surface area (Å²) < 4.78 is 0. The lowest BCUT2D eigenvalue weighted by atomic mass is 9.87. The standard InChI is InChI=1S/C18H24N2/c1-19-18(14-7-4-2-3-5-8-14)16-10-11-17-15(13-16)9-6-12-20-17/h6,9-14,18-19H,2-5,7-8H2,1H3. The molecule has 106 valence electrons. The average Bonchev–Trinajstić information content (AvgIpc) is 2.77. The molecule has 1 aliphatic carbocycles. The van der Waals surface area contributed by atoms with Crippen molar-refractivity contribution in [3.8, 4) is 0 Å². The summed E-state index contributed by atoms with van der Waals surface area (Å²) in [6.45, 7) is 0. The second kappa shape index (κ2) is 6.36. The molecule has 1 aromatic heterocycles. The Hall–Kier alpha value is -1.41. The third kappa shape index (κ3) is 2.85. The quantitative estimate of drug-likeness (QED) is 0.831. The first kappa shape index (κ1) is 13.6. The van der Waals surface area contributed by atoms with Crippen molar-refractivity contribution in [2.45, 2.75) is 44.6 Å². The molecule has 0 amide bonds. The van der Waals surface area contributed by atoms with E-state index in [1.165, 1.54) is 49.5 Å². The normalized spacial score (nSPS) is 18.9. The fourth-order valence-electron chi connectivity index (χ4n) is 3.61. The van der Waals surface area contributed by atoms with E-state index in [1.807, 2.05) is 12.3 Å². The summed E-state index contributed by atoms with van der Waals surface area (Å²) in [4.78, 5) is 4.41. The van der Waals surface area contributed by atoms with Crippen molar-refractivity contribution in [1.82, 2.24) is 10.3 Å². The molecule has 20 heavy (non-hydrogen) atoms. The number of fused-ring (bicyclic) bond motifs is 1. The van der Waals surface area contributed by atoms with Gasteiger partial charge in [-0.3, -0.25) is 4.98 Å². The second-order valence-electron chi connectivity index (χ2n) is 5.97. The monoisotopic (exact) mass is 268 g/mol. The molecule has 0 spiro atoms. The van der Waals surface area contributed by atoms with E-state index in [2.05, 4.69) is 41.6 Å². The van der Waals surface area contributed by atoms with E-state index in [-0.39, 0.29) is 0 Å². The molecule has 1 unspecified atom stereocenters. The average molecular weight is 268 g/mol. The number of benzene rings is 1. The molecule has 1 aliphatic rings. The summed E-state index contributed by atoms with van der Waals surface area (Å²) in [5.41, 5.74) is 2.51. The van der Waals surface area contributed by atoms with Gasteiger partial charge in [0.15, 0.2) is 0 Å². The van der Waals surface area contributed by atoms with Gasteiger partial charge in [0.25, 0.3) is 0 Å². The van der Waals surface area contributed by atoms with E-state index < -0.39 is 0 Å². The van der Waals surface area contributed by atoms with Crippen LogP contribution in [-0.2, 0) is 0 Å². The molecule has 3 rings (SSSR count). The minimum Gasteiger partial charge on any atom is -0.313 e. The van der Waals surface area contributed by atoms with Gasteiger partial charge in [-0.25, -0.2) is 0 Å². The van der Waals surface area contributed by atoms with Crippen LogP contribution in [0, 0.1) is 5.92 Å². The highest BCUT2D eigenvalue weighted by Crippen LogP contribution is 2.34. The van der Waals surface area contributed by atoms with Crippen molar-refractivity contribution >= 4 is 10.9 Å². The first-order chi connectivity index (χ1) is 9.88. The predicted octanol–water partition coefficient (Wildman–Crippen LogP) is 4.47. The van der Waals surface area contributed by atoms with E-state index in [1.54, 1.807) is 0 Å². The molecule has 0 saturated heterocycles. The number of nitrogens with one attached hydrogen (secondary N) is 1. The van der Waals surface area contributed by atoms with Gasteiger partial charge in [0.1, 0.15) is 0 Å². The molecular formula is C18H24N2. The van der Waals surface area contributed by atoms with E-state index >= 15 is 0 Å². The lowest BCUT2D eigenvalue weighted by molar-refractivity contribution is 0.342. The minimum atomic E-state index is 0.484. The number of hydrogen-bond acceptors (Lipinski definition) is 2. The minimum absolute atomic E-state index is 0.484. The summed E-state index contributed by atoms with van der Waals surface area (Å²) in [5.74, 6) is 0.775. The van der Waals surface area contributed by atoms with Crippen molar-refractivity contribution in [3.63, 3.8) is 0 Å². The maximum atomic E-state index is 4.41. The Labute approximate surface area is 121 Å². The third-order valence-corrected chi connectivity index (χ3v) is 4.67. The van der Waals surface area contributed by atoms with Crippen LogP contribution in [-0.4, -0.2) is 12.0 Å². The van der Waals surface area contributed by atoms with Gasteiger partial charge in [-0.05, 0) is 49.6 Å². The molecule has 1 heterocycles. The summed E-state index contributed by atoms with van der Waals surface area (Å²) in [6, 6.07) is 11.4. The van der Waals surface area contributed by atoms with Gasteiger partial charge in [0, 0.05) is 17.6 Å². The first-order valence-corrected chi connectivity index (χ1v) is 7.90. The van der Waals surface area contributed by atoms with E-state index in [0.717, 1.165) is 11.4 Å². The van der Waals surface area contributed by atoms with Gasteiger partial charge in [-0.2, -0.15) is 0 Å². The van der Waals surface area contributed by atoms with Gasteiger partial charge in [0.05, 0.1) is 5.52 Å². The van der Waals surface area contributed by atoms with Gasteiger partial charge >= 0.3 is 0 Å². The fraction of sp³-hybridized carbons (Fsp3) is 0.500. The molecule has 1 saturated carbocycles. The highest BCUT2D eigenvalue weighted by atomic mass is 14.9. The Balaban J connectivity index is 1.89. The molecule has 0 aliphatic heterocycles. The smallest absolute Gasteiger partial charge is 0.0702 e. The van der Waals surface area contributed by atoms with Crippen LogP contribution in [0.25, 0.3) is 10.9 Å². The lowest BCUT2D eigenvalue weighted by Gasteiger charge is -2.26. The molecule has 2 nitrogen and oxygen atoms in total. The number of aromatic nitrogens is 1. The molecule has 0 bridgehead atoms. The Morgan fingerprint density at radius 1 is 1.10 bits per heavy atom. The molecular weight excluding hydrogens is 244 g/mol. The SMILES string of the molecule is CNC(c1ccc2ncccc2c1)C1CCCCCC1. The van der Waals surface area contributed by atoms with Crippen LogP contribution in [0.5, 0.6) is 0 Å². The van der Waals surface area contributed by atoms with Crippen LogP contribution in [0.1, 0.15) is 50.1 Å². The van der Waals surface area contributed by atoms with Crippen LogP contribution in [0.4, 0.5) is 0 Å². The maximum absolute atomic E-state index is 4.41. The Bertz CT molecular complexity index is 556. The number of rotatable bonds is 3.